The number of nitrogens with zero attached hydrogens (tertiary/aromatic N) is 4. The minimum atomic E-state index is -0.341. The number of anilines is 1. The van der Waals surface area contributed by atoms with E-state index in [1.165, 1.54) is 5.56 Å². The van der Waals surface area contributed by atoms with E-state index in [2.05, 4.69) is 54.9 Å². The number of hydrogen-bond acceptors (Lipinski definition) is 5. The second kappa shape index (κ2) is 9.05. The number of fused-ring (bicyclic) bond motifs is 1. The molecular weight excluding hydrogens is 418 g/mol. The maximum Gasteiger partial charge on any atom is 0.321 e. The van der Waals surface area contributed by atoms with Crippen LogP contribution in [0.15, 0.2) is 54.9 Å². The monoisotopic (exact) mass is 445 g/mol. The van der Waals surface area contributed by atoms with Gasteiger partial charge in [-0.15, -0.1) is 0 Å². The number of carbonyl (C=O) groups excluding carboxylic acids is 1. The first kappa shape index (κ1) is 21.2. The van der Waals surface area contributed by atoms with Crippen molar-refractivity contribution in [2.24, 2.45) is 0 Å². The van der Waals surface area contributed by atoms with E-state index in [4.69, 9.17) is 0 Å². The lowest BCUT2D eigenvalue weighted by Gasteiger charge is -2.19. The van der Waals surface area contributed by atoms with Crippen molar-refractivity contribution < 1.29 is 9.90 Å². The van der Waals surface area contributed by atoms with E-state index in [-0.39, 0.29) is 12.3 Å². The van der Waals surface area contributed by atoms with Crippen LogP contribution in [0, 0.1) is 0 Å². The number of benzene rings is 2. The van der Waals surface area contributed by atoms with E-state index < -0.39 is 0 Å². The number of aliphatic hydroxyl groups excluding tert-OH is 1. The number of imidazole rings is 1. The van der Waals surface area contributed by atoms with Crippen molar-refractivity contribution in [2.45, 2.75) is 32.5 Å². The van der Waals surface area contributed by atoms with Gasteiger partial charge in [0.1, 0.15) is 11.7 Å². The van der Waals surface area contributed by atoms with Crippen LogP contribution < -0.4 is 10.6 Å². The van der Waals surface area contributed by atoms with Crippen LogP contribution in [0.25, 0.3) is 27.8 Å². The lowest BCUT2D eigenvalue weighted by molar-refractivity contribution is 0.0328. The minimum Gasteiger partial charge on any atom is -0.378 e. The molecular formula is C24H27N7O2. The largest absolute Gasteiger partial charge is 0.378 e. The summed E-state index contributed by atoms with van der Waals surface area (Å²) < 4.78 is 1.77. The molecule has 2 aromatic carbocycles. The lowest BCUT2D eigenvalue weighted by atomic mass is 10.0. The van der Waals surface area contributed by atoms with Crippen molar-refractivity contribution in [3.05, 3.63) is 60.4 Å². The Balaban J connectivity index is 1.48. The second-order valence-corrected chi connectivity index (χ2v) is 8.20. The molecule has 2 aromatic heterocycles. The van der Waals surface area contributed by atoms with Crippen LogP contribution in [0.1, 0.15) is 25.3 Å². The normalized spacial score (nSPS) is 16.4. The van der Waals surface area contributed by atoms with Crippen LogP contribution in [-0.4, -0.2) is 55.1 Å². The van der Waals surface area contributed by atoms with Gasteiger partial charge in [0.05, 0.1) is 11.2 Å². The average Bonchev–Trinajstić information content (AvgIpc) is 3.55. The van der Waals surface area contributed by atoms with Gasteiger partial charge in [0.2, 0.25) is 5.95 Å². The number of nitrogens with one attached hydrogen (secondary N) is 3. The average molecular weight is 446 g/mol. The Bertz CT molecular complexity index is 1250. The smallest absolute Gasteiger partial charge is 0.321 e. The molecule has 1 aliphatic rings. The number of urea groups is 1. The highest BCUT2D eigenvalue weighted by Gasteiger charge is 2.21. The molecule has 3 heterocycles. The van der Waals surface area contributed by atoms with Crippen LogP contribution in [0.2, 0.25) is 0 Å². The molecule has 5 rings (SSSR count). The predicted molar refractivity (Wildman–Crippen MR) is 127 cm³/mol. The molecule has 1 atom stereocenters. The molecule has 2 amide bonds. The first-order chi connectivity index (χ1) is 16.1. The van der Waals surface area contributed by atoms with E-state index in [0.717, 1.165) is 48.3 Å². The summed E-state index contributed by atoms with van der Waals surface area (Å²) in [6.45, 7) is 4.06. The quantitative estimate of drug-likeness (QED) is 0.363. The molecule has 1 saturated heterocycles. The summed E-state index contributed by atoms with van der Waals surface area (Å²) in [5.74, 6) is 0.376. The van der Waals surface area contributed by atoms with E-state index in [1.54, 1.807) is 10.9 Å². The number of H-pyrrole nitrogens is 1. The van der Waals surface area contributed by atoms with Crippen molar-refractivity contribution in [2.75, 3.05) is 18.4 Å². The summed E-state index contributed by atoms with van der Waals surface area (Å²) in [5, 5.41) is 19.9. The summed E-state index contributed by atoms with van der Waals surface area (Å²) in [4.78, 5) is 21.8. The third kappa shape index (κ3) is 4.46. The van der Waals surface area contributed by atoms with Crippen molar-refractivity contribution in [1.82, 2.24) is 30.0 Å². The van der Waals surface area contributed by atoms with Crippen LogP contribution >= 0.6 is 0 Å². The Hall–Kier alpha value is -3.69. The molecule has 1 unspecified atom stereocenters. The SMILES string of the molecule is CCNC(=O)Nc1nc2c(-n3cccn3)cc(-c3ccc(CN4CCCC4O)cc3)cc2[nH]1. The van der Waals surface area contributed by atoms with Crippen LogP contribution in [0.5, 0.6) is 0 Å². The Morgan fingerprint density at radius 1 is 1.24 bits per heavy atom. The molecule has 4 aromatic rings. The third-order valence-corrected chi connectivity index (χ3v) is 5.89. The highest BCUT2D eigenvalue weighted by molar-refractivity contribution is 5.94. The van der Waals surface area contributed by atoms with Crippen molar-refractivity contribution in [3.63, 3.8) is 0 Å². The first-order valence-corrected chi connectivity index (χ1v) is 11.2. The molecule has 9 heteroatoms. The van der Waals surface area contributed by atoms with Gasteiger partial charge in [-0.25, -0.2) is 14.5 Å². The summed E-state index contributed by atoms with van der Waals surface area (Å²) in [7, 11) is 0. The van der Waals surface area contributed by atoms with E-state index in [9.17, 15) is 9.90 Å². The summed E-state index contributed by atoms with van der Waals surface area (Å²) in [5.41, 5.74) is 5.57. The van der Waals surface area contributed by atoms with E-state index in [1.807, 2.05) is 31.3 Å². The Morgan fingerprint density at radius 2 is 2.09 bits per heavy atom. The molecule has 0 aliphatic carbocycles. The highest BCUT2D eigenvalue weighted by Crippen LogP contribution is 2.30. The molecule has 4 N–H and O–H groups in total. The fraction of sp³-hybridized carbons (Fsp3) is 0.292. The standard InChI is InChI=1S/C24H27N7O2/c1-2-25-24(33)29-23-27-19-13-18(14-20(22(19)28-23)31-12-4-10-26-31)17-8-6-16(7-9-17)15-30-11-3-5-21(30)32/h4,6-10,12-14,21,32H,2-3,5,11,15H2,1H3,(H3,25,27,28,29,33). The van der Waals surface area contributed by atoms with Gasteiger partial charge in [0.15, 0.2) is 0 Å². The maximum absolute atomic E-state index is 11.9. The zero-order valence-electron chi connectivity index (χ0n) is 18.5. The number of likely N-dealkylation sites (tertiary alicyclic amines) is 1. The minimum absolute atomic E-state index is 0.309. The molecule has 1 aliphatic heterocycles. The fourth-order valence-corrected chi connectivity index (χ4v) is 4.25. The fourth-order valence-electron chi connectivity index (χ4n) is 4.25. The number of hydrogen-bond donors (Lipinski definition) is 4. The zero-order valence-corrected chi connectivity index (χ0v) is 18.5. The number of aromatic nitrogens is 4. The van der Waals surface area contributed by atoms with Crippen LogP contribution in [-0.2, 0) is 6.54 Å². The number of carbonyl (C=O) groups is 1. The van der Waals surface area contributed by atoms with Gasteiger partial charge in [-0.3, -0.25) is 10.2 Å². The van der Waals surface area contributed by atoms with Gasteiger partial charge in [-0.1, -0.05) is 24.3 Å². The highest BCUT2D eigenvalue weighted by atomic mass is 16.3. The predicted octanol–water partition coefficient (Wildman–Crippen LogP) is 3.47. The maximum atomic E-state index is 11.9. The second-order valence-electron chi connectivity index (χ2n) is 8.20. The molecule has 0 spiro atoms. The zero-order chi connectivity index (χ0) is 22.8. The Morgan fingerprint density at radius 3 is 2.79 bits per heavy atom. The molecule has 0 radical (unpaired) electrons. The van der Waals surface area contributed by atoms with Gasteiger partial charge in [0.25, 0.3) is 0 Å². The molecule has 1 fully saturated rings. The molecule has 0 bridgehead atoms. The lowest BCUT2D eigenvalue weighted by Crippen LogP contribution is -2.28. The Labute approximate surface area is 191 Å². The molecule has 0 saturated carbocycles. The number of rotatable bonds is 6. The number of aromatic amines is 1. The van der Waals surface area contributed by atoms with Gasteiger partial charge in [0, 0.05) is 32.0 Å². The van der Waals surface area contributed by atoms with E-state index >= 15 is 0 Å². The van der Waals surface area contributed by atoms with Crippen molar-refractivity contribution in [1.29, 1.82) is 0 Å². The van der Waals surface area contributed by atoms with Crippen molar-refractivity contribution >= 4 is 23.0 Å². The first-order valence-electron chi connectivity index (χ1n) is 11.2. The molecule has 9 nitrogen and oxygen atoms in total. The summed E-state index contributed by atoms with van der Waals surface area (Å²) in [6.07, 6.45) is 5.13. The number of amides is 2. The summed E-state index contributed by atoms with van der Waals surface area (Å²) >= 11 is 0. The van der Waals surface area contributed by atoms with Gasteiger partial charge in [-0.2, -0.15) is 5.10 Å². The third-order valence-electron chi connectivity index (χ3n) is 5.89. The van der Waals surface area contributed by atoms with Gasteiger partial charge >= 0.3 is 6.03 Å². The van der Waals surface area contributed by atoms with E-state index in [0.29, 0.717) is 18.0 Å². The van der Waals surface area contributed by atoms with Crippen LogP contribution in [0.3, 0.4) is 0 Å². The molecule has 170 valence electrons. The van der Waals surface area contributed by atoms with Gasteiger partial charge in [-0.05, 0) is 54.7 Å². The van der Waals surface area contributed by atoms with Crippen LogP contribution in [0.4, 0.5) is 10.7 Å². The van der Waals surface area contributed by atoms with Crippen molar-refractivity contribution in [3.8, 4) is 16.8 Å². The number of aliphatic hydroxyl groups is 1. The van der Waals surface area contributed by atoms with Gasteiger partial charge < -0.3 is 15.4 Å². The summed E-state index contributed by atoms with van der Waals surface area (Å²) in [6, 6.07) is 14.0. The Kier molecular flexibility index (Phi) is 5.80. The topological polar surface area (TPSA) is 111 Å². The molecule has 33 heavy (non-hydrogen) atoms.